The number of thiol groups is 1. The standard InChI is InChI=1S/C16H31N7O5S/c1-8(2)12(14(26)22-10(7-29)15(27)28)23-13(25)9(21-11(24)6-17)4-3-5-20-16(18)19/h8-10,12,29H,3-7,17H2,1-2H3,(H,21,24)(H,22,26)(H,23,25)(H,27,28)(H4,18,19,20). The van der Waals surface area contributed by atoms with Crippen molar-refractivity contribution in [2.45, 2.75) is 44.8 Å². The van der Waals surface area contributed by atoms with E-state index in [-0.39, 0.29) is 37.1 Å². The summed E-state index contributed by atoms with van der Waals surface area (Å²) in [6.07, 6.45) is 0.593. The summed E-state index contributed by atoms with van der Waals surface area (Å²) in [4.78, 5) is 51.7. The summed E-state index contributed by atoms with van der Waals surface area (Å²) in [6, 6.07) is -3.18. The van der Waals surface area contributed by atoms with Crippen LogP contribution >= 0.6 is 12.6 Å². The maximum atomic E-state index is 12.7. The Kier molecular flexibility index (Phi) is 12.4. The lowest BCUT2D eigenvalue weighted by atomic mass is 10.0. The average Bonchev–Trinajstić information content (AvgIpc) is 2.64. The highest BCUT2D eigenvalue weighted by Gasteiger charge is 2.30. The molecule has 0 aliphatic carbocycles. The van der Waals surface area contributed by atoms with Crippen LogP contribution in [0.4, 0.5) is 0 Å². The number of carboxylic acids is 1. The topological polar surface area (TPSA) is 215 Å². The zero-order chi connectivity index (χ0) is 22.6. The van der Waals surface area contributed by atoms with Crippen LogP contribution in [0.15, 0.2) is 4.99 Å². The van der Waals surface area contributed by atoms with Crippen molar-refractivity contribution in [2.75, 3.05) is 18.8 Å². The molecular weight excluding hydrogens is 402 g/mol. The van der Waals surface area contributed by atoms with Crippen molar-refractivity contribution in [3.63, 3.8) is 0 Å². The van der Waals surface area contributed by atoms with E-state index in [4.69, 9.17) is 22.3 Å². The predicted molar refractivity (Wildman–Crippen MR) is 111 cm³/mol. The van der Waals surface area contributed by atoms with Crippen molar-refractivity contribution in [1.29, 1.82) is 0 Å². The number of carbonyl (C=O) groups is 4. The number of nitrogens with two attached hydrogens (primary N) is 3. The molecule has 0 aromatic carbocycles. The van der Waals surface area contributed by atoms with Gasteiger partial charge in [0.15, 0.2) is 5.96 Å². The summed E-state index contributed by atoms with van der Waals surface area (Å²) in [5.74, 6) is -3.61. The second-order valence-corrected chi connectivity index (χ2v) is 6.95. The van der Waals surface area contributed by atoms with Crippen LogP contribution in [0.25, 0.3) is 0 Å². The van der Waals surface area contributed by atoms with Crippen LogP contribution in [0, 0.1) is 5.92 Å². The van der Waals surface area contributed by atoms with E-state index < -0.39 is 41.8 Å². The van der Waals surface area contributed by atoms with Gasteiger partial charge in [-0.1, -0.05) is 13.8 Å². The molecule has 0 aliphatic rings. The molecule has 10 N–H and O–H groups in total. The molecule has 3 atom stereocenters. The number of aliphatic carboxylic acids is 1. The van der Waals surface area contributed by atoms with Crippen LogP contribution in [0.2, 0.25) is 0 Å². The summed E-state index contributed by atoms with van der Waals surface area (Å²) >= 11 is 3.89. The maximum Gasteiger partial charge on any atom is 0.327 e. The Labute approximate surface area is 174 Å². The summed E-state index contributed by atoms with van der Waals surface area (Å²) in [5, 5.41) is 16.4. The maximum absolute atomic E-state index is 12.7. The van der Waals surface area contributed by atoms with Crippen molar-refractivity contribution < 1.29 is 24.3 Å². The normalized spacial score (nSPS) is 13.7. The van der Waals surface area contributed by atoms with Crippen LogP contribution in [0.5, 0.6) is 0 Å². The van der Waals surface area contributed by atoms with Gasteiger partial charge in [-0.2, -0.15) is 12.6 Å². The molecule has 3 amide bonds. The molecule has 0 bridgehead atoms. The molecule has 166 valence electrons. The summed E-state index contributed by atoms with van der Waals surface area (Å²) < 4.78 is 0. The number of guanidine groups is 1. The predicted octanol–water partition coefficient (Wildman–Crippen LogP) is -2.88. The summed E-state index contributed by atoms with van der Waals surface area (Å²) in [5.41, 5.74) is 15.8. The van der Waals surface area contributed by atoms with E-state index in [2.05, 4.69) is 33.6 Å². The Morgan fingerprint density at radius 1 is 1.03 bits per heavy atom. The third-order valence-electron chi connectivity index (χ3n) is 3.83. The van der Waals surface area contributed by atoms with Gasteiger partial charge in [-0.3, -0.25) is 19.4 Å². The molecule has 0 saturated heterocycles. The number of hydrogen-bond acceptors (Lipinski definition) is 7. The first kappa shape index (κ1) is 26.5. The number of aliphatic imine (C=N–C) groups is 1. The minimum atomic E-state index is -1.24. The van der Waals surface area contributed by atoms with Crippen LogP contribution in [-0.2, 0) is 19.2 Å². The molecular formula is C16H31N7O5S. The summed E-state index contributed by atoms with van der Waals surface area (Å²) in [7, 11) is 0. The van der Waals surface area contributed by atoms with E-state index in [0.29, 0.717) is 6.42 Å². The molecule has 0 aromatic heterocycles. The fourth-order valence-electron chi connectivity index (χ4n) is 2.26. The largest absolute Gasteiger partial charge is 0.480 e. The Morgan fingerprint density at radius 3 is 2.10 bits per heavy atom. The number of amides is 3. The third-order valence-corrected chi connectivity index (χ3v) is 4.19. The van der Waals surface area contributed by atoms with Gasteiger partial charge in [-0.05, 0) is 18.8 Å². The smallest absolute Gasteiger partial charge is 0.327 e. The molecule has 0 fully saturated rings. The first-order valence-electron chi connectivity index (χ1n) is 9.02. The Hall–Kier alpha value is -2.54. The first-order chi connectivity index (χ1) is 13.5. The second kappa shape index (κ2) is 13.6. The Morgan fingerprint density at radius 2 is 1.66 bits per heavy atom. The van der Waals surface area contributed by atoms with Crippen molar-refractivity contribution in [3.05, 3.63) is 0 Å². The number of hydrogen-bond donors (Lipinski definition) is 8. The fraction of sp³-hybridized carbons (Fsp3) is 0.688. The zero-order valence-electron chi connectivity index (χ0n) is 16.6. The summed E-state index contributed by atoms with van der Waals surface area (Å²) in [6.45, 7) is 3.31. The first-order valence-corrected chi connectivity index (χ1v) is 9.65. The molecule has 12 nitrogen and oxygen atoms in total. The van der Waals surface area contributed by atoms with E-state index >= 15 is 0 Å². The monoisotopic (exact) mass is 433 g/mol. The van der Waals surface area contributed by atoms with E-state index in [0.717, 1.165) is 0 Å². The molecule has 0 spiro atoms. The highest BCUT2D eigenvalue weighted by atomic mass is 32.1. The molecule has 0 heterocycles. The van der Waals surface area contributed by atoms with Gasteiger partial charge in [0, 0.05) is 12.3 Å². The number of nitrogens with one attached hydrogen (secondary N) is 3. The van der Waals surface area contributed by atoms with E-state index in [9.17, 15) is 19.2 Å². The molecule has 29 heavy (non-hydrogen) atoms. The molecule has 0 radical (unpaired) electrons. The highest BCUT2D eigenvalue weighted by Crippen LogP contribution is 2.06. The highest BCUT2D eigenvalue weighted by molar-refractivity contribution is 7.80. The molecule has 13 heteroatoms. The van der Waals surface area contributed by atoms with Crippen LogP contribution in [-0.4, -0.2) is 71.7 Å². The lowest BCUT2D eigenvalue weighted by molar-refractivity contribution is -0.142. The molecule has 3 unspecified atom stereocenters. The lowest BCUT2D eigenvalue weighted by Gasteiger charge is -2.26. The SMILES string of the molecule is CC(C)C(NC(=O)C(CCCN=C(N)N)NC(=O)CN)C(=O)NC(CS)C(=O)O. The van der Waals surface area contributed by atoms with Gasteiger partial charge in [-0.25, -0.2) is 4.79 Å². The second-order valence-electron chi connectivity index (χ2n) is 6.59. The van der Waals surface area contributed by atoms with Gasteiger partial charge >= 0.3 is 5.97 Å². The Bertz CT molecular complexity index is 610. The molecule has 0 aliphatic heterocycles. The lowest BCUT2D eigenvalue weighted by Crippen LogP contribution is -2.58. The number of nitrogens with zero attached hydrogens (tertiary/aromatic N) is 1. The van der Waals surface area contributed by atoms with Gasteiger partial charge in [0.1, 0.15) is 18.1 Å². The van der Waals surface area contributed by atoms with Crippen molar-refractivity contribution in [3.8, 4) is 0 Å². The fourth-order valence-corrected chi connectivity index (χ4v) is 2.51. The van der Waals surface area contributed by atoms with Crippen molar-refractivity contribution in [2.24, 2.45) is 28.1 Å². The van der Waals surface area contributed by atoms with Gasteiger partial charge < -0.3 is 38.3 Å². The number of carboxylic acid groups (broad SMARTS) is 1. The Balaban J connectivity index is 5.19. The number of carbonyl (C=O) groups excluding carboxylic acids is 3. The van der Waals surface area contributed by atoms with Crippen LogP contribution < -0.4 is 33.2 Å². The minimum absolute atomic E-state index is 0.0919. The number of rotatable bonds is 13. The van der Waals surface area contributed by atoms with Gasteiger partial charge in [0.25, 0.3) is 0 Å². The molecule has 0 aromatic rings. The van der Waals surface area contributed by atoms with Crippen LogP contribution in [0.3, 0.4) is 0 Å². The van der Waals surface area contributed by atoms with Gasteiger partial charge in [0.2, 0.25) is 17.7 Å². The van der Waals surface area contributed by atoms with Crippen LogP contribution in [0.1, 0.15) is 26.7 Å². The zero-order valence-corrected chi connectivity index (χ0v) is 17.4. The van der Waals surface area contributed by atoms with Crippen molar-refractivity contribution in [1.82, 2.24) is 16.0 Å². The van der Waals surface area contributed by atoms with E-state index in [1.165, 1.54) is 0 Å². The van der Waals surface area contributed by atoms with E-state index in [1.54, 1.807) is 13.8 Å². The molecule has 0 saturated carbocycles. The van der Waals surface area contributed by atoms with Crippen molar-refractivity contribution >= 4 is 42.3 Å². The van der Waals surface area contributed by atoms with Gasteiger partial charge in [-0.15, -0.1) is 0 Å². The average molecular weight is 434 g/mol. The van der Waals surface area contributed by atoms with E-state index in [1.807, 2.05) is 0 Å². The quantitative estimate of drug-likeness (QED) is 0.0651. The molecule has 0 rings (SSSR count). The minimum Gasteiger partial charge on any atom is -0.480 e. The third kappa shape index (κ3) is 10.5. The van der Waals surface area contributed by atoms with Gasteiger partial charge in [0.05, 0.1) is 6.54 Å².